The molecule has 23 heavy (non-hydrogen) atoms. The topological polar surface area (TPSA) is 52.6 Å². The Bertz CT molecular complexity index is 656. The minimum Gasteiger partial charge on any atom is -0.508 e. The highest BCUT2D eigenvalue weighted by molar-refractivity contribution is 6.30. The Morgan fingerprint density at radius 3 is 2.52 bits per heavy atom. The molecule has 0 radical (unpaired) electrons. The molecule has 0 saturated carbocycles. The van der Waals surface area contributed by atoms with Crippen molar-refractivity contribution >= 4 is 17.5 Å². The summed E-state index contributed by atoms with van der Waals surface area (Å²) in [4.78, 5) is 14.3. The predicted octanol–water partition coefficient (Wildman–Crippen LogP) is 2.95. The van der Waals surface area contributed by atoms with Gasteiger partial charge < -0.3 is 15.3 Å². The third-order valence-electron chi connectivity index (χ3n) is 3.72. The molecule has 1 amide bonds. The summed E-state index contributed by atoms with van der Waals surface area (Å²) in [6.07, 6.45) is 0.781. The standard InChI is InChI=1S/C18H21ClN2O2/c1-21(2)16(10-13-6-8-17(22)9-7-13)12-20-18(23)14-4-3-5-15(19)11-14/h3-9,11,16,22H,10,12H2,1-2H3,(H,20,23). The molecule has 0 aliphatic rings. The Kier molecular flexibility index (Phi) is 6.02. The lowest BCUT2D eigenvalue weighted by atomic mass is 10.0. The van der Waals surface area contributed by atoms with Crippen LogP contribution in [0.5, 0.6) is 5.75 Å². The van der Waals surface area contributed by atoms with Crippen molar-refractivity contribution in [3.8, 4) is 5.75 Å². The Morgan fingerprint density at radius 1 is 1.22 bits per heavy atom. The van der Waals surface area contributed by atoms with E-state index in [1.807, 2.05) is 26.2 Å². The monoisotopic (exact) mass is 332 g/mol. The second-order valence-electron chi connectivity index (χ2n) is 5.71. The van der Waals surface area contributed by atoms with Gasteiger partial charge in [0.15, 0.2) is 0 Å². The Labute approximate surface area is 141 Å². The van der Waals surface area contributed by atoms with Crippen molar-refractivity contribution in [3.05, 3.63) is 64.7 Å². The molecule has 2 rings (SSSR count). The van der Waals surface area contributed by atoms with Crippen molar-refractivity contribution in [2.45, 2.75) is 12.5 Å². The van der Waals surface area contributed by atoms with Crippen molar-refractivity contribution < 1.29 is 9.90 Å². The van der Waals surface area contributed by atoms with Crippen LogP contribution in [0.3, 0.4) is 0 Å². The summed E-state index contributed by atoms with van der Waals surface area (Å²) in [5.74, 6) is 0.120. The van der Waals surface area contributed by atoms with Gasteiger partial charge >= 0.3 is 0 Å². The lowest BCUT2D eigenvalue weighted by Crippen LogP contribution is -2.41. The van der Waals surface area contributed by atoms with Gasteiger partial charge in [0, 0.05) is 23.2 Å². The summed E-state index contributed by atoms with van der Waals surface area (Å²) in [6.45, 7) is 0.527. The average Bonchev–Trinajstić information content (AvgIpc) is 2.52. The molecule has 0 aliphatic carbocycles. The van der Waals surface area contributed by atoms with E-state index < -0.39 is 0 Å². The first kappa shape index (κ1) is 17.3. The molecule has 2 N–H and O–H groups in total. The number of benzene rings is 2. The quantitative estimate of drug-likeness (QED) is 0.855. The molecule has 5 heteroatoms. The van der Waals surface area contributed by atoms with E-state index in [-0.39, 0.29) is 17.7 Å². The number of likely N-dealkylation sites (N-methyl/N-ethyl adjacent to an activating group) is 1. The molecule has 4 nitrogen and oxygen atoms in total. The maximum Gasteiger partial charge on any atom is 0.251 e. The highest BCUT2D eigenvalue weighted by Gasteiger charge is 2.14. The molecule has 0 bridgehead atoms. The Morgan fingerprint density at radius 2 is 1.91 bits per heavy atom. The molecule has 122 valence electrons. The third kappa shape index (κ3) is 5.27. The fourth-order valence-electron chi connectivity index (χ4n) is 2.28. The molecule has 2 aromatic rings. The zero-order valence-corrected chi connectivity index (χ0v) is 14.0. The van der Waals surface area contributed by atoms with E-state index in [4.69, 9.17) is 11.6 Å². The molecule has 0 aromatic heterocycles. The summed E-state index contributed by atoms with van der Waals surface area (Å²) in [6, 6.07) is 14.2. The number of amides is 1. The normalized spacial score (nSPS) is 12.2. The van der Waals surface area contributed by atoms with E-state index >= 15 is 0 Å². The fourth-order valence-corrected chi connectivity index (χ4v) is 2.47. The number of hydrogen-bond acceptors (Lipinski definition) is 3. The maximum absolute atomic E-state index is 12.2. The number of nitrogens with one attached hydrogen (secondary N) is 1. The number of carbonyl (C=O) groups is 1. The van der Waals surface area contributed by atoms with Crippen LogP contribution in [-0.2, 0) is 6.42 Å². The van der Waals surface area contributed by atoms with Crippen molar-refractivity contribution in [1.29, 1.82) is 0 Å². The predicted molar refractivity (Wildman–Crippen MR) is 93.1 cm³/mol. The fraction of sp³-hybridized carbons (Fsp3) is 0.278. The van der Waals surface area contributed by atoms with Gasteiger partial charge in [-0.3, -0.25) is 4.79 Å². The van der Waals surface area contributed by atoms with Gasteiger partial charge in [0.2, 0.25) is 0 Å². The zero-order valence-electron chi connectivity index (χ0n) is 13.3. The Hall–Kier alpha value is -2.04. The van der Waals surface area contributed by atoms with Crippen LogP contribution in [-0.4, -0.2) is 42.6 Å². The first-order valence-corrected chi connectivity index (χ1v) is 7.81. The number of aromatic hydroxyl groups is 1. The van der Waals surface area contributed by atoms with E-state index in [0.717, 1.165) is 12.0 Å². The van der Waals surface area contributed by atoms with E-state index in [1.54, 1.807) is 36.4 Å². The minimum absolute atomic E-state index is 0.134. The maximum atomic E-state index is 12.2. The highest BCUT2D eigenvalue weighted by Crippen LogP contribution is 2.13. The molecule has 1 atom stereocenters. The van der Waals surface area contributed by atoms with E-state index in [1.165, 1.54) is 0 Å². The smallest absolute Gasteiger partial charge is 0.251 e. The molecule has 1 unspecified atom stereocenters. The van der Waals surface area contributed by atoms with Crippen molar-refractivity contribution in [1.82, 2.24) is 10.2 Å². The van der Waals surface area contributed by atoms with Crippen LogP contribution in [0.2, 0.25) is 5.02 Å². The summed E-state index contributed by atoms with van der Waals surface area (Å²) in [5.41, 5.74) is 1.66. The van der Waals surface area contributed by atoms with Gasteiger partial charge in [-0.05, 0) is 56.4 Å². The molecule has 2 aromatic carbocycles. The number of phenolic OH excluding ortho intramolecular Hbond substituents is 1. The molecule has 0 heterocycles. The SMILES string of the molecule is CN(C)C(CNC(=O)c1cccc(Cl)c1)Cc1ccc(O)cc1. The minimum atomic E-state index is -0.134. The number of rotatable bonds is 6. The van der Waals surface area contributed by atoms with Crippen LogP contribution < -0.4 is 5.32 Å². The van der Waals surface area contributed by atoms with Gasteiger partial charge in [-0.15, -0.1) is 0 Å². The van der Waals surface area contributed by atoms with Crippen molar-refractivity contribution in [2.24, 2.45) is 0 Å². The number of phenols is 1. The van der Waals surface area contributed by atoms with Crippen LogP contribution in [0.1, 0.15) is 15.9 Å². The van der Waals surface area contributed by atoms with Gasteiger partial charge in [0.05, 0.1) is 0 Å². The molecular formula is C18H21ClN2O2. The summed E-state index contributed by atoms with van der Waals surface area (Å²) in [7, 11) is 3.97. The van der Waals surface area contributed by atoms with Crippen LogP contribution in [0.25, 0.3) is 0 Å². The van der Waals surface area contributed by atoms with Crippen LogP contribution >= 0.6 is 11.6 Å². The van der Waals surface area contributed by atoms with Gasteiger partial charge in [0.1, 0.15) is 5.75 Å². The van der Waals surface area contributed by atoms with Crippen molar-refractivity contribution in [2.75, 3.05) is 20.6 Å². The van der Waals surface area contributed by atoms with Gasteiger partial charge in [-0.2, -0.15) is 0 Å². The second kappa shape index (κ2) is 7.99. The zero-order chi connectivity index (χ0) is 16.8. The number of halogens is 1. The lowest BCUT2D eigenvalue weighted by Gasteiger charge is -2.25. The van der Waals surface area contributed by atoms with E-state index in [9.17, 15) is 9.90 Å². The first-order valence-electron chi connectivity index (χ1n) is 7.44. The van der Waals surface area contributed by atoms with Crippen LogP contribution in [0.4, 0.5) is 0 Å². The number of carbonyl (C=O) groups excluding carboxylic acids is 1. The third-order valence-corrected chi connectivity index (χ3v) is 3.96. The number of nitrogens with zero attached hydrogens (tertiary/aromatic N) is 1. The number of hydrogen-bond donors (Lipinski definition) is 2. The van der Waals surface area contributed by atoms with Gasteiger partial charge in [-0.25, -0.2) is 0 Å². The second-order valence-corrected chi connectivity index (χ2v) is 6.14. The van der Waals surface area contributed by atoms with E-state index in [2.05, 4.69) is 10.2 Å². The van der Waals surface area contributed by atoms with Gasteiger partial charge in [-0.1, -0.05) is 29.8 Å². The van der Waals surface area contributed by atoms with Gasteiger partial charge in [0.25, 0.3) is 5.91 Å². The van der Waals surface area contributed by atoms with Crippen molar-refractivity contribution in [3.63, 3.8) is 0 Å². The molecule has 0 aliphatic heterocycles. The first-order chi connectivity index (χ1) is 11.0. The Balaban J connectivity index is 1.97. The van der Waals surface area contributed by atoms with Crippen LogP contribution in [0, 0.1) is 0 Å². The van der Waals surface area contributed by atoms with Crippen LogP contribution in [0.15, 0.2) is 48.5 Å². The summed E-state index contributed by atoms with van der Waals surface area (Å²) < 4.78 is 0. The molecule has 0 saturated heterocycles. The molecule has 0 spiro atoms. The summed E-state index contributed by atoms with van der Waals surface area (Å²) in [5, 5.41) is 12.8. The average molecular weight is 333 g/mol. The highest BCUT2D eigenvalue weighted by atomic mass is 35.5. The lowest BCUT2D eigenvalue weighted by molar-refractivity contribution is 0.0941. The summed E-state index contributed by atoms with van der Waals surface area (Å²) >= 11 is 5.91. The largest absolute Gasteiger partial charge is 0.508 e. The molecule has 0 fully saturated rings. The molecular weight excluding hydrogens is 312 g/mol. The van der Waals surface area contributed by atoms with E-state index in [0.29, 0.717) is 17.1 Å².